The van der Waals surface area contributed by atoms with Gasteiger partial charge in [-0.1, -0.05) is 84.7 Å². The Labute approximate surface area is 266 Å². The predicted octanol–water partition coefficient (Wildman–Crippen LogP) is 2.47. The fraction of sp³-hybridized carbons (Fsp3) is 0.656. The number of hydrogen-bond acceptors (Lipinski definition) is 7. The van der Waals surface area contributed by atoms with Crippen LogP contribution < -0.4 is 27.0 Å². The van der Waals surface area contributed by atoms with Crippen LogP contribution in [-0.4, -0.2) is 76.9 Å². The Balaban J connectivity index is 3.11. The van der Waals surface area contributed by atoms with Crippen molar-refractivity contribution in [2.75, 3.05) is 12.0 Å². The molecule has 0 aromatic heterocycles. The Morgan fingerprint density at radius 3 is 1.82 bits per heavy atom. The summed E-state index contributed by atoms with van der Waals surface area (Å²) in [6, 6.07) is 4.47. The minimum Gasteiger partial charge on any atom is -0.480 e. The number of rotatable bonds is 20. The average Bonchev–Trinajstić information content (AvgIpc) is 2.99. The van der Waals surface area contributed by atoms with Gasteiger partial charge < -0.3 is 32.1 Å². The molecule has 7 N–H and O–H groups in total. The highest BCUT2D eigenvalue weighted by Gasteiger charge is 2.34. The van der Waals surface area contributed by atoms with Gasteiger partial charge in [-0.05, 0) is 54.6 Å². The lowest BCUT2D eigenvalue weighted by Gasteiger charge is -2.29. The van der Waals surface area contributed by atoms with E-state index in [1.807, 2.05) is 64.3 Å². The van der Waals surface area contributed by atoms with Crippen molar-refractivity contribution in [2.24, 2.45) is 23.5 Å². The second-order valence-electron chi connectivity index (χ2n) is 11.9. The molecule has 1 rings (SSSR count). The van der Waals surface area contributed by atoms with Crippen LogP contribution in [0.3, 0.4) is 0 Å². The molecule has 7 atom stereocenters. The molecule has 0 fully saturated rings. The summed E-state index contributed by atoms with van der Waals surface area (Å²) in [7, 11) is 0. The van der Waals surface area contributed by atoms with Crippen molar-refractivity contribution in [3.05, 3.63) is 35.9 Å². The first-order valence-electron chi connectivity index (χ1n) is 15.5. The molecule has 4 amide bonds. The number of aliphatic carboxylic acids is 1. The summed E-state index contributed by atoms with van der Waals surface area (Å²) < 4.78 is 0. The summed E-state index contributed by atoms with van der Waals surface area (Å²) in [5, 5.41) is 20.6. The van der Waals surface area contributed by atoms with Crippen LogP contribution in [0.25, 0.3) is 0 Å². The van der Waals surface area contributed by atoms with Gasteiger partial charge >= 0.3 is 5.97 Å². The van der Waals surface area contributed by atoms with Gasteiger partial charge in [-0.2, -0.15) is 11.8 Å². The molecule has 11 nitrogen and oxygen atoms in total. The molecule has 0 unspecified atom stereocenters. The standard InChI is InChI=1S/C32H53N5O6S/c1-8-20(5)26(31(41)37-27(32(42)43)21(6)9-2)36-29(39)24(15-16-44-7)34-30(40)25(17-19(3)4)35-28(38)23(33)18-22-13-11-10-12-14-22/h10-14,19-21,23-27H,8-9,15-18,33H2,1-7H3,(H,34,40)(H,35,38)(H,36,39)(H,37,41)(H,42,43)/t20-,21-,23-,24-,25-,26-,27-/m0/s1. The zero-order valence-electron chi connectivity index (χ0n) is 27.2. The highest BCUT2D eigenvalue weighted by atomic mass is 32.2. The number of carbonyl (C=O) groups is 5. The fourth-order valence-corrected chi connectivity index (χ4v) is 5.07. The number of nitrogens with two attached hydrogens (primary N) is 1. The number of benzene rings is 1. The predicted molar refractivity (Wildman–Crippen MR) is 175 cm³/mol. The number of carboxylic acid groups (broad SMARTS) is 1. The Kier molecular flexibility index (Phi) is 17.7. The first-order valence-corrected chi connectivity index (χ1v) is 16.9. The van der Waals surface area contributed by atoms with Gasteiger partial charge in [-0.15, -0.1) is 0 Å². The monoisotopic (exact) mass is 635 g/mol. The van der Waals surface area contributed by atoms with Gasteiger partial charge in [0.1, 0.15) is 24.2 Å². The molecule has 0 radical (unpaired) electrons. The third-order valence-corrected chi connectivity index (χ3v) is 8.43. The van der Waals surface area contributed by atoms with Gasteiger partial charge in [0, 0.05) is 0 Å². The van der Waals surface area contributed by atoms with Gasteiger partial charge in [0.2, 0.25) is 23.6 Å². The average molecular weight is 636 g/mol. The number of carbonyl (C=O) groups excluding carboxylic acids is 4. The minimum absolute atomic E-state index is 0.0565. The van der Waals surface area contributed by atoms with Crippen molar-refractivity contribution in [3.63, 3.8) is 0 Å². The maximum absolute atomic E-state index is 13.6. The summed E-state index contributed by atoms with van der Waals surface area (Å²) in [6.07, 6.45) is 3.90. The second kappa shape index (κ2) is 20.0. The van der Waals surface area contributed by atoms with Crippen LogP contribution in [0.1, 0.15) is 72.8 Å². The van der Waals surface area contributed by atoms with Crippen molar-refractivity contribution in [1.82, 2.24) is 21.3 Å². The largest absolute Gasteiger partial charge is 0.480 e. The fourth-order valence-electron chi connectivity index (χ4n) is 4.60. The van der Waals surface area contributed by atoms with Crippen molar-refractivity contribution in [2.45, 2.75) is 104 Å². The summed E-state index contributed by atoms with van der Waals surface area (Å²) in [5.41, 5.74) is 7.06. The zero-order valence-corrected chi connectivity index (χ0v) is 28.0. The lowest BCUT2D eigenvalue weighted by atomic mass is 9.95. The molecule has 0 aliphatic heterocycles. The minimum atomic E-state index is -1.14. The van der Waals surface area contributed by atoms with Crippen LogP contribution in [0, 0.1) is 17.8 Å². The van der Waals surface area contributed by atoms with Crippen molar-refractivity contribution < 1.29 is 29.1 Å². The first kappa shape index (κ1) is 38.9. The van der Waals surface area contributed by atoms with E-state index in [1.165, 1.54) is 11.8 Å². The van der Waals surface area contributed by atoms with Crippen LogP contribution >= 0.6 is 11.8 Å². The number of thioether (sulfide) groups is 1. The number of amides is 4. The van der Waals surface area contributed by atoms with Gasteiger partial charge in [-0.3, -0.25) is 19.2 Å². The van der Waals surface area contributed by atoms with Crippen LogP contribution in [0.2, 0.25) is 0 Å². The van der Waals surface area contributed by atoms with E-state index < -0.39 is 59.8 Å². The molecule has 248 valence electrons. The van der Waals surface area contributed by atoms with E-state index in [0.29, 0.717) is 31.4 Å². The van der Waals surface area contributed by atoms with Crippen LogP contribution in [0.5, 0.6) is 0 Å². The van der Waals surface area contributed by atoms with Crippen LogP contribution in [0.4, 0.5) is 0 Å². The molecule has 12 heteroatoms. The Morgan fingerprint density at radius 1 is 0.773 bits per heavy atom. The van der Waals surface area contributed by atoms with Gasteiger partial charge in [0.05, 0.1) is 6.04 Å². The van der Waals surface area contributed by atoms with E-state index in [2.05, 4.69) is 21.3 Å². The topological polar surface area (TPSA) is 180 Å². The van der Waals surface area contributed by atoms with Gasteiger partial charge in [0.25, 0.3) is 0 Å². The van der Waals surface area contributed by atoms with Gasteiger partial charge in [0.15, 0.2) is 0 Å². The molecular weight excluding hydrogens is 582 g/mol. The normalized spacial score (nSPS) is 16.0. The molecule has 0 saturated carbocycles. The third-order valence-electron chi connectivity index (χ3n) is 7.79. The number of carboxylic acids is 1. The maximum Gasteiger partial charge on any atom is 0.326 e. The summed E-state index contributed by atoms with van der Waals surface area (Å²) in [5.74, 6) is -3.29. The molecule has 1 aromatic carbocycles. The first-order chi connectivity index (χ1) is 20.7. The number of hydrogen-bond donors (Lipinski definition) is 6. The lowest BCUT2D eigenvalue weighted by molar-refractivity contribution is -0.144. The van der Waals surface area contributed by atoms with Crippen LogP contribution in [-0.2, 0) is 30.4 Å². The highest BCUT2D eigenvalue weighted by Crippen LogP contribution is 2.14. The molecule has 44 heavy (non-hydrogen) atoms. The summed E-state index contributed by atoms with van der Waals surface area (Å²) >= 11 is 1.50. The molecule has 0 heterocycles. The van der Waals surface area contributed by atoms with E-state index in [4.69, 9.17) is 5.73 Å². The second-order valence-corrected chi connectivity index (χ2v) is 12.9. The van der Waals surface area contributed by atoms with Crippen LogP contribution in [0.15, 0.2) is 30.3 Å². The molecule has 0 saturated heterocycles. The Morgan fingerprint density at radius 2 is 1.30 bits per heavy atom. The molecular formula is C32H53N5O6S. The Hall–Kier alpha value is -3.12. The summed E-state index contributed by atoms with van der Waals surface area (Å²) in [6.45, 7) is 11.1. The lowest BCUT2D eigenvalue weighted by Crippen LogP contribution is -2.60. The van der Waals surface area contributed by atoms with E-state index in [0.717, 1.165) is 5.56 Å². The third kappa shape index (κ3) is 13.3. The molecule has 0 aliphatic rings. The van der Waals surface area contributed by atoms with E-state index >= 15 is 0 Å². The van der Waals surface area contributed by atoms with Gasteiger partial charge in [-0.25, -0.2) is 4.79 Å². The molecule has 1 aromatic rings. The summed E-state index contributed by atoms with van der Waals surface area (Å²) in [4.78, 5) is 65.2. The van der Waals surface area contributed by atoms with E-state index in [1.54, 1.807) is 13.8 Å². The quantitative estimate of drug-likeness (QED) is 0.126. The highest BCUT2D eigenvalue weighted by molar-refractivity contribution is 7.98. The Bertz CT molecular complexity index is 1070. The van der Waals surface area contributed by atoms with Crippen molar-refractivity contribution >= 4 is 41.4 Å². The SMILES string of the molecule is CC[C@H](C)[C@H](NC(=O)[C@@H](NC(=O)[C@H](CCSC)NC(=O)[C@H](CC(C)C)NC(=O)[C@@H](N)Cc1ccccc1)[C@@H](C)CC)C(=O)O. The van der Waals surface area contributed by atoms with E-state index in [9.17, 15) is 29.1 Å². The zero-order chi connectivity index (χ0) is 33.4. The molecule has 0 bridgehead atoms. The molecule has 0 spiro atoms. The maximum atomic E-state index is 13.6. The van der Waals surface area contributed by atoms with Crippen molar-refractivity contribution in [3.8, 4) is 0 Å². The van der Waals surface area contributed by atoms with Crippen molar-refractivity contribution in [1.29, 1.82) is 0 Å². The molecule has 0 aliphatic carbocycles. The van der Waals surface area contributed by atoms with E-state index in [-0.39, 0.29) is 24.2 Å². The number of nitrogens with one attached hydrogen (secondary N) is 4. The smallest absolute Gasteiger partial charge is 0.326 e.